The van der Waals surface area contributed by atoms with Crippen LogP contribution in [0.15, 0.2) is 23.6 Å². The first kappa shape index (κ1) is 16.1. The van der Waals surface area contributed by atoms with Crippen molar-refractivity contribution in [2.75, 3.05) is 11.6 Å². The fourth-order valence-corrected chi connectivity index (χ4v) is 3.77. The zero-order chi connectivity index (χ0) is 16.6. The van der Waals surface area contributed by atoms with Crippen molar-refractivity contribution >= 4 is 32.2 Å². The molecule has 1 heterocycles. The Kier molecular flexibility index (Phi) is 4.25. The molecule has 0 bridgehead atoms. The Morgan fingerprint density at radius 2 is 2.04 bits per heavy atom. The van der Waals surface area contributed by atoms with Gasteiger partial charge < -0.3 is 5.32 Å². The molecule has 1 N–H and O–H groups in total. The van der Waals surface area contributed by atoms with Crippen molar-refractivity contribution in [2.45, 2.75) is 31.4 Å². The van der Waals surface area contributed by atoms with Gasteiger partial charge in [-0.05, 0) is 43.4 Å². The molecule has 3 rings (SSSR count). The van der Waals surface area contributed by atoms with Gasteiger partial charge in [0.1, 0.15) is 5.25 Å². The van der Waals surface area contributed by atoms with Gasteiger partial charge in [0, 0.05) is 17.2 Å². The third-order valence-electron chi connectivity index (χ3n) is 4.14. The van der Waals surface area contributed by atoms with Gasteiger partial charge in [-0.25, -0.2) is 13.4 Å². The molecule has 0 spiro atoms. The molecule has 122 valence electrons. The van der Waals surface area contributed by atoms with E-state index in [1.54, 1.807) is 0 Å². The molecule has 1 amide bonds. The molecule has 0 saturated heterocycles. The van der Waals surface area contributed by atoms with Crippen LogP contribution in [0, 0.1) is 0 Å². The lowest BCUT2D eigenvalue weighted by atomic mass is 10.1. The molecule has 5 nitrogen and oxygen atoms in total. The van der Waals surface area contributed by atoms with Crippen molar-refractivity contribution in [3.8, 4) is 11.3 Å². The number of carbonyl (C=O) groups is 1. The number of nitrogens with one attached hydrogen (secondary N) is 1. The fraction of sp³-hybridized carbons (Fsp3) is 0.375. The number of hydrogen-bond acceptors (Lipinski definition) is 5. The summed E-state index contributed by atoms with van der Waals surface area (Å²) < 4.78 is 22.8. The lowest BCUT2D eigenvalue weighted by Gasteiger charge is -2.08. The molecule has 1 aliphatic carbocycles. The predicted octanol–water partition coefficient (Wildman–Crippen LogP) is 2.67. The van der Waals surface area contributed by atoms with Crippen LogP contribution in [0.25, 0.3) is 11.3 Å². The standard InChI is InChI=1S/C16H18N2O3S2/c1-10(23(2,20)21)15(19)18-16-17-14(9-22-16)13-7-6-11-4-3-5-12(11)8-13/h6-10H,3-5H2,1-2H3,(H,17,18,19)/t10-/m0/s1. The average molecular weight is 350 g/mol. The molecule has 23 heavy (non-hydrogen) atoms. The van der Waals surface area contributed by atoms with Gasteiger partial charge >= 0.3 is 0 Å². The van der Waals surface area contributed by atoms with Crippen LogP contribution in [-0.4, -0.2) is 30.8 Å². The van der Waals surface area contributed by atoms with Gasteiger partial charge in [-0.15, -0.1) is 11.3 Å². The second-order valence-corrected chi connectivity index (χ2v) is 9.06. The maximum atomic E-state index is 11.9. The highest BCUT2D eigenvalue weighted by Gasteiger charge is 2.24. The Morgan fingerprint density at radius 1 is 1.30 bits per heavy atom. The summed E-state index contributed by atoms with van der Waals surface area (Å²) in [5, 5.41) is 3.78. The molecular formula is C16H18N2O3S2. The zero-order valence-electron chi connectivity index (χ0n) is 13.0. The number of aryl methyl sites for hydroxylation is 2. The van der Waals surface area contributed by atoms with E-state index in [1.165, 1.54) is 35.8 Å². The molecular weight excluding hydrogens is 332 g/mol. The lowest BCUT2D eigenvalue weighted by molar-refractivity contribution is -0.115. The van der Waals surface area contributed by atoms with E-state index < -0.39 is 21.0 Å². The highest BCUT2D eigenvalue weighted by molar-refractivity contribution is 7.92. The Morgan fingerprint density at radius 3 is 2.78 bits per heavy atom. The van der Waals surface area contributed by atoms with Crippen molar-refractivity contribution in [1.82, 2.24) is 4.98 Å². The van der Waals surface area contributed by atoms with Gasteiger partial charge in [0.25, 0.3) is 0 Å². The van der Waals surface area contributed by atoms with Crippen molar-refractivity contribution in [3.63, 3.8) is 0 Å². The smallest absolute Gasteiger partial charge is 0.244 e. The number of nitrogens with zero attached hydrogens (tertiary/aromatic N) is 1. The summed E-state index contributed by atoms with van der Waals surface area (Å²) >= 11 is 1.30. The monoisotopic (exact) mass is 350 g/mol. The lowest BCUT2D eigenvalue weighted by Crippen LogP contribution is -2.31. The van der Waals surface area contributed by atoms with Gasteiger partial charge in [-0.3, -0.25) is 4.79 Å². The van der Waals surface area contributed by atoms with Gasteiger partial charge in [0.2, 0.25) is 5.91 Å². The van der Waals surface area contributed by atoms with Gasteiger partial charge in [0.05, 0.1) is 5.69 Å². The fourth-order valence-electron chi connectivity index (χ4n) is 2.60. The number of hydrogen-bond donors (Lipinski definition) is 1. The number of fused-ring (bicyclic) bond motifs is 1. The molecule has 0 fully saturated rings. The normalized spacial score (nSPS) is 15.2. The number of anilines is 1. The Balaban J connectivity index is 1.77. The Bertz CT molecular complexity index is 856. The third kappa shape index (κ3) is 3.45. The molecule has 0 aliphatic heterocycles. The molecule has 0 radical (unpaired) electrons. The van der Waals surface area contributed by atoms with Crippen molar-refractivity contribution in [1.29, 1.82) is 0 Å². The summed E-state index contributed by atoms with van der Waals surface area (Å²) in [6, 6.07) is 6.34. The molecule has 2 aromatic rings. The minimum Gasteiger partial charge on any atom is -0.301 e. The number of carbonyl (C=O) groups excluding carboxylic acids is 1. The number of amides is 1. The number of aromatic nitrogens is 1. The van der Waals surface area contributed by atoms with Crippen LogP contribution in [0.3, 0.4) is 0 Å². The summed E-state index contributed by atoms with van der Waals surface area (Å²) in [5.41, 5.74) is 4.59. The first-order valence-electron chi connectivity index (χ1n) is 7.42. The Hall–Kier alpha value is -1.73. The van der Waals surface area contributed by atoms with Gasteiger partial charge in [-0.1, -0.05) is 12.1 Å². The minimum atomic E-state index is -3.41. The van der Waals surface area contributed by atoms with E-state index in [0.29, 0.717) is 5.13 Å². The summed E-state index contributed by atoms with van der Waals surface area (Å²) in [4.78, 5) is 16.3. The van der Waals surface area contributed by atoms with Crippen molar-refractivity contribution in [3.05, 3.63) is 34.7 Å². The quantitative estimate of drug-likeness (QED) is 0.920. The molecule has 1 aromatic heterocycles. The molecule has 1 aromatic carbocycles. The topological polar surface area (TPSA) is 76.1 Å². The first-order valence-corrected chi connectivity index (χ1v) is 10.3. The molecule has 1 aliphatic rings. The van der Waals surface area contributed by atoms with Crippen LogP contribution in [0.1, 0.15) is 24.5 Å². The predicted molar refractivity (Wildman–Crippen MR) is 92.5 cm³/mol. The maximum absolute atomic E-state index is 11.9. The number of benzene rings is 1. The van der Waals surface area contributed by atoms with Crippen molar-refractivity contribution in [2.24, 2.45) is 0 Å². The second kappa shape index (κ2) is 6.05. The van der Waals surface area contributed by atoms with E-state index >= 15 is 0 Å². The van der Waals surface area contributed by atoms with E-state index in [1.807, 2.05) is 11.4 Å². The minimum absolute atomic E-state index is 0.418. The van der Waals surface area contributed by atoms with Gasteiger partial charge in [-0.2, -0.15) is 0 Å². The van der Waals surface area contributed by atoms with E-state index in [-0.39, 0.29) is 0 Å². The second-order valence-electron chi connectivity index (χ2n) is 5.84. The van der Waals surface area contributed by atoms with E-state index in [2.05, 4.69) is 22.4 Å². The number of thiazole rings is 1. The zero-order valence-corrected chi connectivity index (χ0v) is 14.6. The molecule has 7 heteroatoms. The van der Waals surface area contributed by atoms with E-state index in [0.717, 1.165) is 30.4 Å². The number of sulfone groups is 1. The number of rotatable bonds is 4. The summed E-state index contributed by atoms with van der Waals surface area (Å²) in [6.07, 6.45) is 4.48. The summed E-state index contributed by atoms with van der Waals surface area (Å²) in [6.45, 7) is 1.37. The van der Waals surface area contributed by atoms with Crippen LogP contribution >= 0.6 is 11.3 Å². The van der Waals surface area contributed by atoms with Crippen LogP contribution in [0.2, 0.25) is 0 Å². The van der Waals surface area contributed by atoms with Crippen LogP contribution in [0.4, 0.5) is 5.13 Å². The SMILES string of the molecule is C[C@@H](C(=O)Nc1nc(-c2ccc3c(c2)CCC3)cs1)S(C)(=O)=O. The highest BCUT2D eigenvalue weighted by atomic mass is 32.2. The van der Waals surface area contributed by atoms with Gasteiger partial charge in [0.15, 0.2) is 15.0 Å². The Labute approximate surface area is 139 Å². The average Bonchev–Trinajstić information content (AvgIpc) is 3.13. The van der Waals surface area contributed by atoms with Crippen molar-refractivity contribution < 1.29 is 13.2 Å². The maximum Gasteiger partial charge on any atom is 0.244 e. The summed E-state index contributed by atoms with van der Waals surface area (Å²) in [5.74, 6) is -0.553. The molecule has 0 unspecified atom stereocenters. The molecule has 1 atom stereocenters. The molecule has 0 saturated carbocycles. The summed E-state index contributed by atoms with van der Waals surface area (Å²) in [7, 11) is -3.41. The first-order chi connectivity index (χ1) is 10.8. The van der Waals surface area contributed by atoms with E-state index in [9.17, 15) is 13.2 Å². The van der Waals surface area contributed by atoms with Crippen LogP contribution < -0.4 is 5.32 Å². The third-order valence-corrected chi connectivity index (χ3v) is 6.40. The van der Waals surface area contributed by atoms with E-state index in [4.69, 9.17) is 0 Å². The van der Waals surface area contributed by atoms with Crippen LogP contribution in [-0.2, 0) is 27.5 Å². The van der Waals surface area contributed by atoms with Crippen LogP contribution in [0.5, 0.6) is 0 Å². The highest BCUT2D eigenvalue weighted by Crippen LogP contribution is 2.30. The largest absolute Gasteiger partial charge is 0.301 e.